The molecule has 0 saturated heterocycles. The van der Waals surface area contributed by atoms with Gasteiger partial charge in [-0.2, -0.15) is 0 Å². The Bertz CT molecular complexity index is 2030. The standard InChI is InChI=1S/C30H17NO2/c1-3-10-26-19(6-1)21-9-5-8-18(29(21)32-26)17-12-14-24-23(16-17)28-25(31-24)15-13-22-20-7-2-4-11-27(20)33-30(22)28/h1-16,31H. The Morgan fingerprint density at radius 1 is 0.485 bits per heavy atom. The van der Waals surface area contributed by atoms with Crippen LogP contribution in [0.2, 0.25) is 0 Å². The second kappa shape index (κ2) is 6.05. The molecule has 0 bridgehead atoms. The van der Waals surface area contributed by atoms with Gasteiger partial charge in [0.2, 0.25) is 0 Å². The summed E-state index contributed by atoms with van der Waals surface area (Å²) in [7, 11) is 0. The third-order valence-electron chi connectivity index (χ3n) is 6.82. The predicted octanol–water partition coefficient (Wildman–Crippen LogP) is 8.79. The van der Waals surface area contributed by atoms with Gasteiger partial charge in [-0.1, -0.05) is 60.7 Å². The molecule has 33 heavy (non-hydrogen) atoms. The largest absolute Gasteiger partial charge is 0.455 e. The number of furan rings is 2. The molecule has 3 aromatic heterocycles. The van der Waals surface area contributed by atoms with Gasteiger partial charge in [0.15, 0.2) is 0 Å². The number of hydrogen-bond donors (Lipinski definition) is 1. The normalized spacial score (nSPS) is 12.2. The summed E-state index contributed by atoms with van der Waals surface area (Å²) in [6.07, 6.45) is 0. The minimum absolute atomic E-state index is 0.914. The van der Waals surface area contributed by atoms with Crippen molar-refractivity contribution in [1.29, 1.82) is 0 Å². The van der Waals surface area contributed by atoms with Gasteiger partial charge >= 0.3 is 0 Å². The summed E-state index contributed by atoms with van der Waals surface area (Å²) in [5, 5.41) is 6.85. The molecule has 0 unspecified atom stereocenters. The summed E-state index contributed by atoms with van der Waals surface area (Å²) in [5.41, 5.74) is 8.08. The summed E-state index contributed by atoms with van der Waals surface area (Å²) in [5.74, 6) is 0. The van der Waals surface area contributed by atoms with Gasteiger partial charge in [-0.05, 0) is 42.0 Å². The lowest BCUT2D eigenvalue weighted by molar-refractivity contribution is 0.670. The monoisotopic (exact) mass is 423 g/mol. The second-order valence-electron chi connectivity index (χ2n) is 8.63. The maximum Gasteiger partial charge on any atom is 0.145 e. The molecule has 5 aromatic carbocycles. The van der Waals surface area contributed by atoms with Crippen molar-refractivity contribution in [2.75, 3.05) is 0 Å². The Balaban J connectivity index is 1.46. The number of rotatable bonds is 1. The van der Waals surface area contributed by atoms with Crippen molar-refractivity contribution in [3.05, 3.63) is 97.1 Å². The molecule has 154 valence electrons. The minimum Gasteiger partial charge on any atom is -0.455 e. The van der Waals surface area contributed by atoms with Crippen molar-refractivity contribution in [3.8, 4) is 11.1 Å². The molecule has 8 aromatic rings. The fourth-order valence-corrected chi connectivity index (χ4v) is 5.31. The fourth-order valence-electron chi connectivity index (χ4n) is 5.31. The number of H-pyrrole nitrogens is 1. The van der Waals surface area contributed by atoms with E-state index in [4.69, 9.17) is 8.83 Å². The molecular weight excluding hydrogens is 406 g/mol. The van der Waals surface area contributed by atoms with E-state index in [0.717, 1.165) is 76.8 Å². The van der Waals surface area contributed by atoms with Crippen LogP contribution in [0.1, 0.15) is 0 Å². The van der Waals surface area contributed by atoms with Gasteiger partial charge in [0.05, 0.1) is 10.9 Å². The van der Waals surface area contributed by atoms with Crippen molar-refractivity contribution in [2.24, 2.45) is 0 Å². The van der Waals surface area contributed by atoms with Crippen LogP contribution in [0.4, 0.5) is 0 Å². The molecular formula is C30H17NO2. The minimum atomic E-state index is 0.914. The molecule has 0 radical (unpaired) electrons. The number of benzene rings is 5. The van der Waals surface area contributed by atoms with E-state index in [2.05, 4.69) is 77.8 Å². The Labute approximate surface area is 187 Å². The molecule has 0 spiro atoms. The van der Waals surface area contributed by atoms with Crippen LogP contribution in [0, 0.1) is 0 Å². The third-order valence-corrected chi connectivity index (χ3v) is 6.82. The van der Waals surface area contributed by atoms with Gasteiger partial charge in [-0.25, -0.2) is 0 Å². The van der Waals surface area contributed by atoms with Gasteiger partial charge in [-0.15, -0.1) is 0 Å². The first-order valence-electron chi connectivity index (χ1n) is 11.1. The second-order valence-corrected chi connectivity index (χ2v) is 8.63. The van der Waals surface area contributed by atoms with E-state index in [-0.39, 0.29) is 0 Å². The highest BCUT2D eigenvalue weighted by atomic mass is 16.3. The lowest BCUT2D eigenvalue weighted by atomic mass is 10.00. The van der Waals surface area contributed by atoms with Gasteiger partial charge in [0, 0.05) is 38.0 Å². The van der Waals surface area contributed by atoms with Crippen LogP contribution < -0.4 is 0 Å². The third kappa shape index (κ3) is 2.23. The molecule has 0 saturated carbocycles. The molecule has 3 nitrogen and oxygen atoms in total. The maximum absolute atomic E-state index is 6.35. The first-order valence-corrected chi connectivity index (χ1v) is 11.1. The van der Waals surface area contributed by atoms with E-state index in [0.29, 0.717) is 0 Å². The van der Waals surface area contributed by atoms with Crippen LogP contribution in [-0.2, 0) is 0 Å². The Morgan fingerprint density at radius 2 is 1.15 bits per heavy atom. The predicted molar refractivity (Wildman–Crippen MR) is 136 cm³/mol. The smallest absolute Gasteiger partial charge is 0.145 e. The van der Waals surface area contributed by atoms with Crippen molar-refractivity contribution in [2.45, 2.75) is 0 Å². The van der Waals surface area contributed by atoms with E-state index in [1.165, 1.54) is 0 Å². The van der Waals surface area contributed by atoms with Crippen LogP contribution in [0.3, 0.4) is 0 Å². The lowest BCUT2D eigenvalue weighted by Crippen LogP contribution is -1.79. The summed E-state index contributed by atoms with van der Waals surface area (Å²) in [6, 6.07) is 33.7. The van der Waals surface area contributed by atoms with Gasteiger partial charge in [0.1, 0.15) is 22.3 Å². The molecule has 1 N–H and O–H groups in total. The number of aromatic amines is 1. The molecule has 8 rings (SSSR count). The first-order chi connectivity index (χ1) is 16.3. The van der Waals surface area contributed by atoms with Crippen molar-refractivity contribution < 1.29 is 8.83 Å². The van der Waals surface area contributed by atoms with Crippen LogP contribution in [0.15, 0.2) is 106 Å². The Kier molecular flexibility index (Phi) is 3.14. The number of fused-ring (bicyclic) bond motifs is 10. The van der Waals surface area contributed by atoms with E-state index in [1.807, 2.05) is 24.3 Å². The first kappa shape index (κ1) is 17.1. The van der Waals surface area contributed by atoms with Gasteiger partial charge < -0.3 is 13.8 Å². The topological polar surface area (TPSA) is 42.1 Å². The zero-order chi connectivity index (χ0) is 21.5. The van der Waals surface area contributed by atoms with Crippen LogP contribution >= 0.6 is 0 Å². The zero-order valence-corrected chi connectivity index (χ0v) is 17.6. The van der Waals surface area contributed by atoms with Crippen molar-refractivity contribution >= 4 is 65.7 Å². The fraction of sp³-hybridized carbons (Fsp3) is 0. The number of nitrogens with one attached hydrogen (secondary N) is 1. The highest BCUT2D eigenvalue weighted by Crippen LogP contribution is 2.40. The molecule has 3 heteroatoms. The Morgan fingerprint density at radius 3 is 1.97 bits per heavy atom. The van der Waals surface area contributed by atoms with E-state index < -0.39 is 0 Å². The van der Waals surface area contributed by atoms with E-state index in [1.54, 1.807) is 0 Å². The SMILES string of the molecule is c1ccc2c(c1)oc1c(-c3ccc4[nH]c5ccc6c7ccccc7oc6c5c4c3)cccc12. The van der Waals surface area contributed by atoms with E-state index in [9.17, 15) is 0 Å². The van der Waals surface area contributed by atoms with Gasteiger partial charge in [-0.3, -0.25) is 0 Å². The summed E-state index contributed by atoms with van der Waals surface area (Å²) < 4.78 is 12.7. The van der Waals surface area contributed by atoms with Crippen LogP contribution in [0.5, 0.6) is 0 Å². The highest BCUT2D eigenvalue weighted by molar-refractivity contribution is 6.23. The highest BCUT2D eigenvalue weighted by Gasteiger charge is 2.16. The molecule has 0 fully saturated rings. The molecule has 0 aliphatic carbocycles. The molecule has 0 amide bonds. The van der Waals surface area contributed by atoms with Crippen LogP contribution in [0.25, 0.3) is 76.8 Å². The molecule has 0 aliphatic heterocycles. The molecule has 0 atom stereocenters. The average Bonchev–Trinajstić information content (AvgIpc) is 3.54. The Hall–Kier alpha value is -4.50. The van der Waals surface area contributed by atoms with Crippen molar-refractivity contribution in [1.82, 2.24) is 4.98 Å². The number of hydrogen-bond acceptors (Lipinski definition) is 2. The average molecular weight is 423 g/mol. The number of aromatic nitrogens is 1. The quantitative estimate of drug-likeness (QED) is 0.287. The number of para-hydroxylation sites is 3. The van der Waals surface area contributed by atoms with Gasteiger partial charge in [0.25, 0.3) is 0 Å². The van der Waals surface area contributed by atoms with E-state index >= 15 is 0 Å². The molecule has 3 heterocycles. The summed E-state index contributed by atoms with van der Waals surface area (Å²) in [4.78, 5) is 3.57. The van der Waals surface area contributed by atoms with Crippen molar-refractivity contribution in [3.63, 3.8) is 0 Å². The lowest BCUT2D eigenvalue weighted by Gasteiger charge is -2.04. The molecule has 0 aliphatic rings. The maximum atomic E-state index is 6.35. The summed E-state index contributed by atoms with van der Waals surface area (Å²) >= 11 is 0. The van der Waals surface area contributed by atoms with Crippen LogP contribution in [-0.4, -0.2) is 4.98 Å². The summed E-state index contributed by atoms with van der Waals surface area (Å²) in [6.45, 7) is 0. The zero-order valence-electron chi connectivity index (χ0n) is 17.6.